The molecular weight excluding hydrogens is 179 g/mol. The number of carbonyl (C=O) groups excluding carboxylic acids is 1. The van der Waals surface area contributed by atoms with Crippen LogP contribution in [0.3, 0.4) is 0 Å². The molecule has 1 unspecified atom stereocenters. The van der Waals surface area contributed by atoms with Crippen molar-refractivity contribution in [2.24, 2.45) is 0 Å². The van der Waals surface area contributed by atoms with E-state index in [0.29, 0.717) is 12.0 Å². The van der Waals surface area contributed by atoms with Crippen LogP contribution in [-0.4, -0.2) is 22.9 Å². The lowest BCUT2D eigenvalue weighted by Crippen LogP contribution is -2.18. The van der Waals surface area contributed by atoms with Gasteiger partial charge in [-0.15, -0.1) is 0 Å². The van der Waals surface area contributed by atoms with Crippen molar-refractivity contribution in [3.63, 3.8) is 0 Å². The van der Waals surface area contributed by atoms with Gasteiger partial charge in [-0.1, -0.05) is 30.4 Å². The molecule has 1 rings (SSSR count). The van der Waals surface area contributed by atoms with E-state index in [1.807, 2.05) is 12.2 Å². The highest BCUT2D eigenvalue weighted by Crippen LogP contribution is 2.18. The van der Waals surface area contributed by atoms with Crippen molar-refractivity contribution in [1.82, 2.24) is 0 Å². The van der Waals surface area contributed by atoms with Gasteiger partial charge in [0.15, 0.2) is 5.78 Å². The second kappa shape index (κ2) is 4.93. The fraction of sp³-hybridized carbons (Fsp3) is 0.300. The Balaban J connectivity index is 2.96. The average molecular weight is 192 g/mol. The zero-order valence-corrected chi connectivity index (χ0v) is 8.05. The van der Waals surface area contributed by atoms with E-state index in [9.17, 15) is 4.79 Å². The van der Waals surface area contributed by atoms with Gasteiger partial charge in [0.25, 0.3) is 0 Å². The molecular formula is C10H13BO3. The zero-order chi connectivity index (χ0) is 10.6. The molecule has 4 heteroatoms. The number of hydrogen-bond donors (Lipinski definition) is 2. The molecule has 0 radical (unpaired) electrons. The Labute approximate surface area is 83.6 Å². The number of ketones is 1. The Kier molecular flexibility index (Phi) is 3.86. The van der Waals surface area contributed by atoms with Crippen molar-refractivity contribution in [2.75, 3.05) is 0 Å². The quantitative estimate of drug-likeness (QED) is 0.503. The number of rotatable bonds is 2. The predicted molar refractivity (Wildman–Crippen MR) is 55.6 cm³/mol. The van der Waals surface area contributed by atoms with Gasteiger partial charge in [-0.25, -0.2) is 0 Å². The Hall–Kier alpha value is -1.13. The standard InChI is InChI=1S/C10H13BO3/c1-8(12)9-5-3-2-4-6-10(7-9)11(13)14/h3-7,10,13-14H,2H2,1H3. The van der Waals surface area contributed by atoms with E-state index >= 15 is 0 Å². The summed E-state index contributed by atoms with van der Waals surface area (Å²) >= 11 is 0. The van der Waals surface area contributed by atoms with Crippen molar-refractivity contribution in [1.29, 1.82) is 0 Å². The highest BCUT2D eigenvalue weighted by atomic mass is 16.4. The molecule has 0 aromatic heterocycles. The summed E-state index contributed by atoms with van der Waals surface area (Å²) in [5, 5.41) is 18.0. The first-order chi connectivity index (χ1) is 6.61. The van der Waals surface area contributed by atoms with Crippen LogP contribution in [0.25, 0.3) is 0 Å². The summed E-state index contributed by atoms with van der Waals surface area (Å²) < 4.78 is 0. The molecule has 0 amide bonds. The van der Waals surface area contributed by atoms with Crippen molar-refractivity contribution in [3.8, 4) is 0 Å². The first-order valence-electron chi connectivity index (χ1n) is 4.53. The van der Waals surface area contributed by atoms with E-state index in [4.69, 9.17) is 10.0 Å². The zero-order valence-electron chi connectivity index (χ0n) is 8.05. The Bertz CT molecular complexity index is 302. The van der Waals surface area contributed by atoms with E-state index in [2.05, 4.69) is 0 Å². The van der Waals surface area contributed by atoms with Crippen LogP contribution in [0.5, 0.6) is 0 Å². The van der Waals surface area contributed by atoms with Gasteiger partial charge in [0.2, 0.25) is 0 Å². The first-order valence-corrected chi connectivity index (χ1v) is 4.53. The van der Waals surface area contributed by atoms with Crippen molar-refractivity contribution >= 4 is 12.9 Å². The van der Waals surface area contributed by atoms with Gasteiger partial charge in [0, 0.05) is 11.4 Å². The second-order valence-corrected chi connectivity index (χ2v) is 3.24. The molecule has 14 heavy (non-hydrogen) atoms. The summed E-state index contributed by atoms with van der Waals surface area (Å²) in [6.45, 7) is 1.46. The topological polar surface area (TPSA) is 57.5 Å². The second-order valence-electron chi connectivity index (χ2n) is 3.24. The van der Waals surface area contributed by atoms with Crippen LogP contribution in [0.1, 0.15) is 13.3 Å². The molecule has 0 bridgehead atoms. The minimum Gasteiger partial charge on any atom is -0.426 e. The smallest absolute Gasteiger partial charge is 0.426 e. The minimum atomic E-state index is -1.45. The van der Waals surface area contributed by atoms with Crippen LogP contribution < -0.4 is 0 Å². The molecule has 0 heterocycles. The molecule has 0 spiro atoms. The van der Waals surface area contributed by atoms with E-state index in [1.165, 1.54) is 6.92 Å². The average Bonchev–Trinajstić information content (AvgIpc) is 2.01. The Morgan fingerprint density at radius 3 is 2.79 bits per heavy atom. The normalized spacial score (nSPS) is 21.1. The fourth-order valence-corrected chi connectivity index (χ4v) is 1.25. The molecule has 1 aliphatic rings. The van der Waals surface area contributed by atoms with Crippen LogP contribution in [0, 0.1) is 0 Å². The van der Waals surface area contributed by atoms with Gasteiger partial charge < -0.3 is 10.0 Å². The molecule has 0 aromatic carbocycles. The highest BCUT2D eigenvalue weighted by Gasteiger charge is 2.19. The Morgan fingerprint density at radius 2 is 2.21 bits per heavy atom. The lowest BCUT2D eigenvalue weighted by atomic mass is 9.71. The molecule has 3 nitrogen and oxygen atoms in total. The van der Waals surface area contributed by atoms with Gasteiger partial charge in [-0.05, 0) is 13.3 Å². The number of carbonyl (C=O) groups is 1. The molecule has 1 atom stereocenters. The van der Waals surface area contributed by atoms with Gasteiger partial charge in [0.05, 0.1) is 0 Å². The summed E-state index contributed by atoms with van der Waals surface area (Å²) in [4.78, 5) is 11.1. The summed E-state index contributed by atoms with van der Waals surface area (Å²) in [6.07, 6.45) is 9.38. The van der Waals surface area contributed by atoms with Crippen molar-refractivity contribution in [3.05, 3.63) is 36.0 Å². The molecule has 0 saturated carbocycles. The third-order valence-corrected chi connectivity index (χ3v) is 2.05. The lowest BCUT2D eigenvalue weighted by Gasteiger charge is -2.09. The van der Waals surface area contributed by atoms with E-state index in [1.54, 1.807) is 18.2 Å². The predicted octanol–water partition coefficient (Wildman–Crippen LogP) is 0.861. The maximum atomic E-state index is 11.1. The molecule has 0 saturated heterocycles. The number of Topliss-reactive ketones (excluding diaryl/α,β-unsaturated/α-hetero) is 1. The molecule has 0 aromatic rings. The molecule has 2 N–H and O–H groups in total. The lowest BCUT2D eigenvalue weighted by molar-refractivity contribution is -0.113. The van der Waals surface area contributed by atoms with Crippen molar-refractivity contribution < 1.29 is 14.8 Å². The van der Waals surface area contributed by atoms with Crippen LogP contribution in [0.2, 0.25) is 5.82 Å². The van der Waals surface area contributed by atoms with Crippen LogP contribution in [0.15, 0.2) is 36.0 Å². The minimum absolute atomic E-state index is 0.0674. The van der Waals surface area contributed by atoms with Gasteiger partial charge in [0.1, 0.15) is 0 Å². The largest absolute Gasteiger partial charge is 0.462 e. The fourth-order valence-electron chi connectivity index (χ4n) is 1.25. The molecule has 0 fully saturated rings. The third-order valence-electron chi connectivity index (χ3n) is 2.05. The first kappa shape index (κ1) is 11.0. The molecule has 74 valence electrons. The van der Waals surface area contributed by atoms with E-state index in [-0.39, 0.29) is 5.78 Å². The summed E-state index contributed by atoms with van der Waals surface area (Å²) in [5.74, 6) is -0.568. The van der Waals surface area contributed by atoms with Crippen LogP contribution >= 0.6 is 0 Å². The number of allylic oxidation sites excluding steroid dienone is 6. The molecule has 1 aliphatic carbocycles. The summed E-state index contributed by atoms with van der Waals surface area (Å²) in [5.41, 5.74) is 0.521. The van der Waals surface area contributed by atoms with Crippen molar-refractivity contribution in [2.45, 2.75) is 19.2 Å². The van der Waals surface area contributed by atoms with Gasteiger partial charge in [-0.3, -0.25) is 4.79 Å². The number of hydrogen-bond acceptors (Lipinski definition) is 3. The maximum Gasteiger partial charge on any atom is 0.462 e. The maximum absolute atomic E-state index is 11.1. The van der Waals surface area contributed by atoms with E-state index in [0.717, 1.165) is 0 Å². The summed E-state index contributed by atoms with van der Waals surface area (Å²) in [7, 11) is -1.45. The van der Waals surface area contributed by atoms with Crippen LogP contribution in [0.4, 0.5) is 0 Å². The Morgan fingerprint density at radius 1 is 1.50 bits per heavy atom. The highest BCUT2D eigenvalue weighted by molar-refractivity contribution is 6.44. The SMILES string of the molecule is CC(=O)C1=CC(B(O)O)C=CCC=C1. The third kappa shape index (κ3) is 2.98. The van der Waals surface area contributed by atoms with Gasteiger partial charge >= 0.3 is 7.12 Å². The van der Waals surface area contributed by atoms with Gasteiger partial charge in [-0.2, -0.15) is 0 Å². The molecule has 0 aliphatic heterocycles. The van der Waals surface area contributed by atoms with E-state index < -0.39 is 12.9 Å². The monoisotopic (exact) mass is 192 g/mol. The summed E-state index contributed by atoms with van der Waals surface area (Å²) in [6, 6.07) is 0. The van der Waals surface area contributed by atoms with Crippen LogP contribution in [-0.2, 0) is 4.79 Å².